The molecule has 1 fully saturated rings. The summed E-state index contributed by atoms with van der Waals surface area (Å²) in [6.45, 7) is 10.7. The van der Waals surface area contributed by atoms with Gasteiger partial charge in [-0.25, -0.2) is 0 Å². The summed E-state index contributed by atoms with van der Waals surface area (Å²) >= 11 is 0. The molecule has 0 bridgehead atoms. The average Bonchev–Trinajstić information content (AvgIpc) is 2.96. The predicted molar refractivity (Wildman–Crippen MR) is 77.4 cm³/mol. The minimum atomic E-state index is 0.193. The number of aryl methyl sites for hydroxylation is 1. The number of rotatable bonds is 5. The van der Waals surface area contributed by atoms with Crippen molar-refractivity contribution in [1.82, 2.24) is 20.1 Å². The van der Waals surface area contributed by atoms with Gasteiger partial charge < -0.3 is 14.6 Å². The molecule has 2 atom stereocenters. The van der Waals surface area contributed by atoms with E-state index in [0.29, 0.717) is 18.2 Å². The maximum Gasteiger partial charge on any atom is 0.147 e. The van der Waals surface area contributed by atoms with Gasteiger partial charge in [0, 0.05) is 24.4 Å². The molecule has 1 aromatic rings. The van der Waals surface area contributed by atoms with Crippen LogP contribution >= 0.6 is 0 Å². The van der Waals surface area contributed by atoms with Crippen LogP contribution in [-0.4, -0.2) is 33.0 Å². The van der Waals surface area contributed by atoms with Crippen LogP contribution in [0.25, 0.3) is 0 Å². The van der Waals surface area contributed by atoms with E-state index in [2.05, 4.69) is 47.8 Å². The largest absolute Gasteiger partial charge is 0.375 e. The summed E-state index contributed by atoms with van der Waals surface area (Å²) in [6, 6.07) is 0.501. The van der Waals surface area contributed by atoms with E-state index in [0.717, 1.165) is 37.6 Å². The van der Waals surface area contributed by atoms with Crippen LogP contribution in [0.4, 0.5) is 0 Å². The number of hydrogen-bond donors (Lipinski definition) is 1. The average molecular weight is 278 g/mol. The molecule has 0 radical (unpaired) electrons. The third-order valence-electron chi connectivity index (χ3n) is 4.81. The van der Waals surface area contributed by atoms with Crippen LogP contribution in [0.15, 0.2) is 0 Å². The molecule has 2 unspecified atom stereocenters. The molecule has 1 N–H and O–H groups in total. The van der Waals surface area contributed by atoms with E-state index in [4.69, 9.17) is 4.74 Å². The van der Waals surface area contributed by atoms with Gasteiger partial charge in [-0.3, -0.25) is 0 Å². The first-order valence-corrected chi connectivity index (χ1v) is 7.78. The van der Waals surface area contributed by atoms with Crippen molar-refractivity contribution in [2.45, 2.75) is 78.3 Å². The number of fused-ring (bicyclic) bond motifs is 1. The van der Waals surface area contributed by atoms with E-state index in [-0.39, 0.29) is 5.41 Å². The van der Waals surface area contributed by atoms with E-state index >= 15 is 0 Å². The van der Waals surface area contributed by atoms with Gasteiger partial charge in [0.05, 0.1) is 18.8 Å². The maximum atomic E-state index is 5.97. The van der Waals surface area contributed by atoms with Crippen LogP contribution in [0.3, 0.4) is 0 Å². The van der Waals surface area contributed by atoms with Crippen LogP contribution in [0.1, 0.15) is 52.2 Å². The number of nitrogens with zero attached hydrogens (tertiary/aromatic N) is 3. The molecule has 1 aliphatic carbocycles. The molecule has 20 heavy (non-hydrogen) atoms. The molecule has 2 aliphatic rings. The molecule has 5 nitrogen and oxygen atoms in total. The zero-order valence-electron chi connectivity index (χ0n) is 13.0. The lowest BCUT2D eigenvalue weighted by Gasteiger charge is -2.52. The fourth-order valence-corrected chi connectivity index (χ4v) is 3.35. The minimum absolute atomic E-state index is 0.193. The highest BCUT2D eigenvalue weighted by molar-refractivity contribution is 5.05. The predicted octanol–water partition coefficient (Wildman–Crippen LogP) is 1.91. The molecule has 1 saturated carbocycles. The topological polar surface area (TPSA) is 52.0 Å². The zero-order valence-corrected chi connectivity index (χ0v) is 13.0. The van der Waals surface area contributed by atoms with Crippen molar-refractivity contribution in [3.8, 4) is 0 Å². The Bertz CT molecular complexity index is 480. The third kappa shape index (κ3) is 2.37. The Morgan fingerprint density at radius 1 is 1.40 bits per heavy atom. The molecular weight excluding hydrogens is 252 g/mol. The molecule has 0 spiro atoms. The molecule has 5 heteroatoms. The van der Waals surface area contributed by atoms with Crippen LogP contribution in [0.2, 0.25) is 0 Å². The standard InChI is InChI=1S/C15H26N4O/c1-10(2)20-12-8-11(15(12,3)4)16-9-14-18-17-13-6-5-7-19(13)14/h10-12,16H,5-9H2,1-4H3. The molecule has 2 heterocycles. The van der Waals surface area contributed by atoms with Gasteiger partial charge in [0.25, 0.3) is 0 Å². The highest BCUT2D eigenvalue weighted by Crippen LogP contribution is 2.43. The van der Waals surface area contributed by atoms with Crippen LogP contribution in [0, 0.1) is 5.41 Å². The highest BCUT2D eigenvalue weighted by atomic mass is 16.5. The van der Waals surface area contributed by atoms with Crippen molar-refractivity contribution in [2.24, 2.45) is 5.41 Å². The first kappa shape index (κ1) is 14.0. The first-order chi connectivity index (χ1) is 9.48. The van der Waals surface area contributed by atoms with Crippen molar-refractivity contribution in [2.75, 3.05) is 0 Å². The summed E-state index contributed by atoms with van der Waals surface area (Å²) in [6.07, 6.45) is 4.04. The molecule has 1 aliphatic heterocycles. The Kier molecular flexibility index (Phi) is 3.58. The lowest BCUT2D eigenvalue weighted by Crippen LogP contribution is -2.61. The van der Waals surface area contributed by atoms with Gasteiger partial charge in [-0.2, -0.15) is 0 Å². The lowest BCUT2D eigenvalue weighted by atomic mass is 9.64. The quantitative estimate of drug-likeness (QED) is 0.894. The van der Waals surface area contributed by atoms with E-state index in [1.165, 1.54) is 6.42 Å². The van der Waals surface area contributed by atoms with Gasteiger partial charge >= 0.3 is 0 Å². The zero-order chi connectivity index (χ0) is 14.3. The molecule has 0 aromatic carbocycles. The van der Waals surface area contributed by atoms with Gasteiger partial charge in [0.1, 0.15) is 11.6 Å². The number of nitrogens with one attached hydrogen (secondary N) is 1. The second-order valence-corrected chi connectivity index (χ2v) is 6.95. The fourth-order valence-electron chi connectivity index (χ4n) is 3.35. The van der Waals surface area contributed by atoms with Crippen molar-refractivity contribution in [1.29, 1.82) is 0 Å². The first-order valence-electron chi connectivity index (χ1n) is 7.78. The smallest absolute Gasteiger partial charge is 0.147 e. The van der Waals surface area contributed by atoms with Crippen molar-refractivity contribution >= 4 is 0 Å². The monoisotopic (exact) mass is 278 g/mol. The summed E-state index contributed by atoms with van der Waals surface area (Å²) in [4.78, 5) is 0. The van der Waals surface area contributed by atoms with Gasteiger partial charge in [-0.1, -0.05) is 13.8 Å². The van der Waals surface area contributed by atoms with Crippen LogP contribution < -0.4 is 5.32 Å². The number of aromatic nitrogens is 3. The van der Waals surface area contributed by atoms with Gasteiger partial charge in [0.2, 0.25) is 0 Å². The lowest BCUT2D eigenvalue weighted by molar-refractivity contribution is -0.139. The molecule has 0 saturated heterocycles. The number of ether oxygens (including phenoxy) is 1. The minimum Gasteiger partial charge on any atom is -0.375 e. The maximum absolute atomic E-state index is 5.97. The number of hydrogen-bond acceptors (Lipinski definition) is 4. The van der Waals surface area contributed by atoms with E-state index < -0.39 is 0 Å². The van der Waals surface area contributed by atoms with Gasteiger partial charge in [-0.05, 0) is 26.7 Å². The Hall–Kier alpha value is -0.940. The normalized spacial score (nSPS) is 27.6. The van der Waals surface area contributed by atoms with E-state index in [1.807, 2.05) is 0 Å². The Labute approximate surface area is 121 Å². The molecule has 3 rings (SSSR count). The summed E-state index contributed by atoms with van der Waals surface area (Å²) in [5, 5.41) is 12.2. The second-order valence-electron chi connectivity index (χ2n) is 6.95. The Morgan fingerprint density at radius 2 is 2.20 bits per heavy atom. The SMILES string of the molecule is CC(C)OC1CC(NCc2nnc3n2CCC3)C1(C)C. The fraction of sp³-hybridized carbons (Fsp3) is 0.867. The summed E-state index contributed by atoms with van der Waals surface area (Å²) in [7, 11) is 0. The Morgan fingerprint density at radius 3 is 2.90 bits per heavy atom. The van der Waals surface area contributed by atoms with Crippen LogP contribution in [0.5, 0.6) is 0 Å². The summed E-state index contributed by atoms with van der Waals surface area (Å²) < 4.78 is 8.23. The second kappa shape index (κ2) is 5.11. The van der Waals surface area contributed by atoms with Crippen molar-refractivity contribution in [3.05, 3.63) is 11.6 Å². The van der Waals surface area contributed by atoms with Crippen molar-refractivity contribution < 1.29 is 4.74 Å². The third-order valence-corrected chi connectivity index (χ3v) is 4.81. The molecule has 112 valence electrons. The van der Waals surface area contributed by atoms with E-state index in [9.17, 15) is 0 Å². The summed E-state index contributed by atoms with van der Waals surface area (Å²) in [5.74, 6) is 2.23. The van der Waals surface area contributed by atoms with Gasteiger partial charge in [-0.15, -0.1) is 10.2 Å². The van der Waals surface area contributed by atoms with E-state index in [1.54, 1.807) is 0 Å². The highest BCUT2D eigenvalue weighted by Gasteiger charge is 2.49. The Balaban J connectivity index is 1.55. The molecule has 0 amide bonds. The summed E-state index contributed by atoms with van der Waals surface area (Å²) in [5.41, 5.74) is 0.193. The molecular formula is C15H26N4O. The van der Waals surface area contributed by atoms with Crippen LogP contribution in [-0.2, 0) is 24.2 Å². The van der Waals surface area contributed by atoms with Gasteiger partial charge in [0.15, 0.2) is 0 Å². The molecule has 1 aromatic heterocycles. The van der Waals surface area contributed by atoms with Crippen molar-refractivity contribution in [3.63, 3.8) is 0 Å².